The lowest BCUT2D eigenvalue weighted by molar-refractivity contribution is 0.306. The van der Waals surface area contributed by atoms with Gasteiger partial charge in [-0.15, -0.1) is 5.10 Å². The van der Waals surface area contributed by atoms with Crippen molar-refractivity contribution in [2.75, 3.05) is 0 Å². The zero-order valence-corrected chi connectivity index (χ0v) is 12.6. The summed E-state index contributed by atoms with van der Waals surface area (Å²) in [6.07, 6.45) is 0.690. The van der Waals surface area contributed by atoms with Crippen molar-refractivity contribution >= 4 is 11.7 Å². The van der Waals surface area contributed by atoms with Crippen molar-refractivity contribution in [3.63, 3.8) is 0 Å². The Morgan fingerprint density at radius 3 is 2.23 bits per heavy atom. The normalized spacial score (nSPS) is 11.0. The Bertz CT molecular complexity index is 644. The second-order valence-corrected chi connectivity index (χ2v) is 4.96. The minimum absolute atomic E-state index is 0.0380. The first-order chi connectivity index (χ1) is 10.6. The number of guanidine groups is 1. The maximum atomic E-state index is 5.75. The van der Waals surface area contributed by atoms with Gasteiger partial charge in [0.2, 0.25) is 5.96 Å². The molecule has 0 aliphatic carbocycles. The van der Waals surface area contributed by atoms with Crippen LogP contribution in [-0.4, -0.2) is 11.7 Å². The molecule has 2 aromatic rings. The predicted octanol–water partition coefficient (Wildman–Crippen LogP) is 2.46. The first kappa shape index (κ1) is 15.6. The zero-order chi connectivity index (χ0) is 15.8. The van der Waals surface area contributed by atoms with Crippen molar-refractivity contribution in [3.8, 4) is 5.75 Å². The van der Waals surface area contributed by atoms with Gasteiger partial charge in [0.15, 0.2) is 0 Å². The van der Waals surface area contributed by atoms with Gasteiger partial charge in [-0.05, 0) is 30.2 Å². The highest BCUT2D eigenvalue weighted by Crippen LogP contribution is 2.15. The van der Waals surface area contributed by atoms with Crippen molar-refractivity contribution in [2.24, 2.45) is 21.7 Å². The third-order valence-electron chi connectivity index (χ3n) is 2.97. The minimum atomic E-state index is -0.0380. The number of benzene rings is 2. The Morgan fingerprint density at radius 2 is 1.59 bits per heavy atom. The van der Waals surface area contributed by atoms with E-state index in [4.69, 9.17) is 16.2 Å². The highest BCUT2D eigenvalue weighted by atomic mass is 16.5. The molecule has 0 aliphatic rings. The maximum Gasteiger partial charge on any atom is 0.211 e. The first-order valence-electron chi connectivity index (χ1n) is 7.01. The summed E-state index contributed by atoms with van der Waals surface area (Å²) in [5.41, 5.74) is 13.6. The number of hydrogen-bond acceptors (Lipinski definition) is 3. The molecule has 2 aromatic carbocycles. The molecule has 0 aromatic heterocycles. The molecule has 0 radical (unpaired) electrons. The lowest BCUT2D eigenvalue weighted by atomic mass is 10.1. The fourth-order valence-corrected chi connectivity index (χ4v) is 1.92. The van der Waals surface area contributed by atoms with Gasteiger partial charge in [-0.3, -0.25) is 0 Å². The van der Waals surface area contributed by atoms with Crippen LogP contribution < -0.4 is 16.2 Å². The Morgan fingerprint density at radius 1 is 0.909 bits per heavy atom. The van der Waals surface area contributed by atoms with E-state index >= 15 is 0 Å². The number of ether oxygens (including phenoxy) is 1. The number of nitrogens with two attached hydrogens (primary N) is 2. The Hall–Kier alpha value is -2.82. The number of hydrogen-bond donors (Lipinski definition) is 2. The molecule has 114 valence electrons. The summed E-state index contributed by atoms with van der Waals surface area (Å²) in [6.45, 7) is 2.44. The molecule has 0 fully saturated rings. The smallest absolute Gasteiger partial charge is 0.211 e. The van der Waals surface area contributed by atoms with Gasteiger partial charge in [-0.2, -0.15) is 5.10 Å². The van der Waals surface area contributed by atoms with E-state index in [2.05, 4.69) is 10.2 Å². The molecule has 0 aliphatic heterocycles. The molecule has 4 N–H and O–H groups in total. The van der Waals surface area contributed by atoms with E-state index in [0.29, 0.717) is 13.0 Å². The average Bonchev–Trinajstić information content (AvgIpc) is 2.53. The van der Waals surface area contributed by atoms with E-state index in [9.17, 15) is 0 Å². The van der Waals surface area contributed by atoms with Crippen LogP contribution in [0.1, 0.15) is 18.1 Å². The average molecular weight is 296 g/mol. The largest absolute Gasteiger partial charge is 0.489 e. The van der Waals surface area contributed by atoms with Crippen LogP contribution in [0.5, 0.6) is 5.75 Å². The molecule has 0 heterocycles. The Labute approximate surface area is 130 Å². The fourth-order valence-electron chi connectivity index (χ4n) is 1.92. The molecule has 0 spiro atoms. The van der Waals surface area contributed by atoms with Gasteiger partial charge in [0, 0.05) is 12.1 Å². The van der Waals surface area contributed by atoms with Gasteiger partial charge < -0.3 is 16.2 Å². The molecule has 5 heteroatoms. The van der Waals surface area contributed by atoms with Crippen LogP contribution in [0.2, 0.25) is 0 Å². The van der Waals surface area contributed by atoms with Crippen LogP contribution in [0.25, 0.3) is 0 Å². The standard InChI is InChI=1S/C17H20N4O/c1-13(20-21-17(18)19)11-14-7-9-16(10-8-14)22-12-15-5-3-2-4-6-15/h2-10H,11-12H2,1H3,(H4,18,19,21)/b20-13+. The lowest BCUT2D eigenvalue weighted by Gasteiger charge is -2.07. The molecule has 0 unspecified atom stereocenters. The van der Waals surface area contributed by atoms with Crippen molar-refractivity contribution in [2.45, 2.75) is 20.0 Å². The van der Waals surface area contributed by atoms with Crippen LogP contribution >= 0.6 is 0 Å². The Balaban J connectivity index is 1.90. The minimum Gasteiger partial charge on any atom is -0.489 e. The molecule has 0 saturated carbocycles. The second kappa shape index (κ2) is 7.83. The summed E-state index contributed by atoms with van der Waals surface area (Å²) in [4.78, 5) is 0. The van der Waals surface area contributed by atoms with E-state index in [1.165, 1.54) is 0 Å². The molecule has 0 bridgehead atoms. The van der Waals surface area contributed by atoms with Gasteiger partial charge in [0.05, 0.1) is 0 Å². The molecular formula is C17H20N4O. The van der Waals surface area contributed by atoms with E-state index in [1.54, 1.807) is 0 Å². The van der Waals surface area contributed by atoms with E-state index < -0.39 is 0 Å². The third-order valence-corrected chi connectivity index (χ3v) is 2.97. The fraction of sp³-hybridized carbons (Fsp3) is 0.176. The summed E-state index contributed by atoms with van der Waals surface area (Å²) in [5.74, 6) is 0.801. The number of nitrogens with zero attached hydrogens (tertiary/aromatic N) is 2. The van der Waals surface area contributed by atoms with Gasteiger partial charge in [-0.25, -0.2) is 0 Å². The van der Waals surface area contributed by atoms with Gasteiger partial charge in [-0.1, -0.05) is 42.5 Å². The monoisotopic (exact) mass is 296 g/mol. The van der Waals surface area contributed by atoms with Gasteiger partial charge >= 0.3 is 0 Å². The van der Waals surface area contributed by atoms with E-state index in [0.717, 1.165) is 22.6 Å². The molecule has 0 atom stereocenters. The van der Waals surface area contributed by atoms with Crippen molar-refractivity contribution in [1.29, 1.82) is 0 Å². The maximum absolute atomic E-state index is 5.75. The predicted molar refractivity (Wildman–Crippen MR) is 89.8 cm³/mol. The molecular weight excluding hydrogens is 276 g/mol. The second-order valence-electron chi connectivity index (χ2n) is 4.96. The zero-order valence-electron chi connectivity index (χ0n) is 12.6. The third kappa shape index (κ3) is 5.28. The summed E-state index contributed by atoms with van der Waals surface area (Å²) in [5, 5.41) is 7.58. The van der Waals surface area contributed by atoms with Crippen LogP contribution in [-0.2, 0) is 13.0 Å². The van der Waals surface area contributed by atoms with Gasteiger partial charge in [0.1, 0.15) is 12.4 Å². The Kier molecular flexibility index (Phi) is 5.54. The quantitative estimate of drug-likeness (QED) is 0.488. The molecule has 2 rings (SSSR count). The van der Waals surface area contributed by atoms with Crippen molar-refractivity contribution < 1.29 is 4.74 Å². The van der Waals surface area contributed by atoms with E-state index in [-0.39, 0.29) is 5.96 Å². The number of rotatable bonds is 6. The van der Waals surface area contributed by atoms with Gasteiger partial charge in [0.25, 0.3) is 0 Å². The SMILES string of the molecule is C/C(Cc1ccc(OCc2ccccc2)cc1)=N\N=C(N)N. The molecule has 5 nitrogen and oxygen atoms in total. The van der Waals surface area contributed by atoms with Crippen LogP contribution in [0, 0.1) is 0 Å². The van der Waals surface area contributed by atoms with Crippen LogP contribution in [0.15, 0.2) is 64.8 Å². The molecule has 22 heavy (non-hydrogen) atoms. The van der Waals surface area contributed by atoms with Crippen LogP contribution in [0.3, 0.4) is 0 Å². The molecule has 0 amide bonds. The topological polar surface area (TPSA) is 86.0 Å². The lowest BCUT2D eigenvalue weighted by Crippen LogP contribution is -2.22. The van der Waals surface area contributed by atoms with E-state index in [1.807, 2.05) is 61.5 Å². The summed E-state index contributed by atoms with van der Waals surface area (Å²) in [7, 11) is 0. The van der Waals surface area contributed by atoms with Crippen molar-refractivity contribution in [1.82, 2.24) is 0 Å². The first-order valence-corrected chi connectivity index (χ1v) is 7.01. The highest BCUT2D eigenvalue weighted by molar-refractivity contribution is 5.85. The summed E-state index contributed by atoms with van der Waals surface area (Å²) in [6, 6.07) is 18.0. The van der Waals surface area contributed by atoms with Crippen molar-refractivity contribution in [3.05, 3.63) is 65.7 Å². The highest BCUT2D eigenvalue weighted by Gasteiger charge is 1.99. The molecule has 0 saturated heterocycles. The van der Waals surface area contributed by atoms with Crippen LogP contribution in [0.4, 0.5) is 0 Å². The summed E-state index contributed by atoms with van der Waals surface area (Å²) < 4.78 is 5.75. The summed E-state index contributed by atoms with van der Waals surface area (Å²) >= 11 is 0.